The minimum absolute atomic E-state index is 0.154. The van der Waals surface area contributed by atoms with E-state index in [4.69, 9.17) is 4.52 Å². The Labute approximate surface area is 71.7 Å². The van der Waals surface area contributed by atoms with Gasteiger partial charge in [-0.1, -0.05) is 20.8 Å². The predicted molar refractivity (Wildman–Crippen MR) is 47.1 cm³/mol. The van der Waals surface area contributed by atoms with Gasteiger partial charge in [0.15, 0.2) is 0 Å². The lowest BCUT2D eigenvalue weighted by Gasteiger charge is -2.16. The Morgan fingerprint density at radius 1 is 1.50 bits per heavy atom. The third-order valence-corrected chi connectivity index (χ3v) is 1.70. The van der Waals surface area contributed by atoms with Crippen LogP contribution < -0.4 is 5.56 Å². The van der Waals surface area contributed by atoms with Gasteiger partial charge in [-0.3, -0.25) is 4.79 Å². The van der Waals surface area contributed by atoms with Gasteiger partial charge in [0.05, 0.1) is 0 Å². The van der Waals surface area contributed by atoms with Crippen LogP contribution in [0.5, 0.6) is 0 Å². The number of aromatic amines is 1. The average Bonchev–Trinajstić information content (AvgIpc) is 2.30. The molecule has 3 nitrogen and oxygen atoms in total. The van der Waals surface area contributed by atoms with Crippen molar-refractivity contribution in [3.05, 3.63) is 22.2 Å². The molecule has 0 spiro atoms. The minimum Gasteiger partial charge on any atom is -0.384 e. The highest BCUT2D eigenvalue weighted by Gasteiger charge is 2.11. The normalized spacial score (nSPS) is 11.9. The van der Waals surface area contributed by atoms with Crippen LogP contribution >= 0.6 is 0 Å². The predicted octanol–water partition coefficient (Wildman–Crippen LogP) is 1.95. The summed E-state index contributed by atoms with van der Waals surface area (Å²) < 4.78 is 4.92. The van der Waals surface area contributed by atoms with Crippen LogP contribution in [0.15, 0.2) is 15.4 Å². The summed E-state index contributed by atoms with van der Waals surface area (Å²) >= 11 is 0. The fourth-order valence-corrected chi connectivity index (χ4v) is 0.942. The fraction of sp³-hybridized carbons (Fsp3) is 0.667. The maximum Gasteiger partial charge on any atom is 0.280 e. The smallest absolute Gasteiger partial charge is 0.280 e. The number of hydrogen-bond donors (Lipinski definition) is 1. The maximum atomic E-state index is 10.7. The lowest BCUT2D eigenvalue weighted by atomic mass is 9.90. The number of rotatable bonds is 2. The van der Waals surface area contributed by atoms with Crippen LogP contribution in [0.25, 0.3) is 0 Å². The summed E-state index contributed by atoms with van der Waals surface area (Å²) in [6.45, 7) is 6.49. The molecule has 0 atom stereocenters. The molecule has 0 aliphatic rings. The highest BCUT2D eigenvalue weighted by Crippen LogP contribution is 2.20. The van der Waals surface area contributed by atoms with Crippen molar-refractivity contribution >= 4 is 0 Å². The lowest BCUT2D eigenvalue weighted by Crippen LogP contribution is -2.06. The van der Waals surface area contributed by atoms with Gasteiger partial charge in [-0.25, -0.2) is 0 Å². The SMILES string of the molecule is CC(C)(C)CCc1cc(=O)[nH]o1. The highest BCUT2D eigenvalue weighted by molar-refractivity contribution is 4.94. The van der Waals surface area contributed by atoms with E-state index in [-0.39, 0.29) is 11.0 Å². The van der Waals surface area contributed by atoms with Gasteiger partial charge in [0.2, 0.25) is 0 Å². The Balaban J connectivity index is 2.49. The van der Waals surface area contributed by atoms with Crippen LogP contribution in [0, 0.1) is 5.41 Å². The molecule has 0 bridgehead atoms. The molecular weight excluding hydrogens is 154 g/mol. The van der Waals surface area contributed by atoms with Crippen molar-refractivity contribution < 1.29 is 4.52 Å². The van der Waals surface area contributed by atoms with E-state index in [9.17, 15) is 4.79 Å². The average molecular weight is 169 g/mol. The molecular formula is C9H15NO2. The molecule has 1 heterocycles. The van der Waals surface area contributed by atoms with Gasteiger partial charge in [-0.05, 0) is 11.8 Å². The van der Waals surface area contributed by atoms with Crippen LogP contribution in [-0.2, 0) is 6.42 Å². The van der Waals surface area contributed by atoms with Crippen molar-refractivity contribution in [2.45, 2.75) is 33.6 Å². The summed E-state index contributed by atoms with van der Waals surface area (Å²) in [5, 5.41) is 2.27. The van der Waals surface area contributed by atoms with Crippen molar-refractivity contribution in [2.24, 2.45) is 5.41 Å². The molecule has 1 rings (SSSR count). The molecule has 3 heteroatoms. The Hall–Kier alpha value is -0.990. The first-order valence-corrected chi connectivity index (χ1v) is 4.15. The van der Waals surface area contributed by atoms with Gasteiger partial charge >= 0.3 is 0 Å². The van der Waals surface area contributed by atoms with Gasteiger partial charge in [-0.15, -0.1) is 0 Å². The first-order chi connectivity index (χ1) is 5.47. The van der Waals surface area contributed by atoms with E-state index in [2.05, 4.69) is 25.9 Å². The van der Waals surface area contributed by atoms with Crippen LogP contribution in [0.2, 0.25) is 0 Å². The maximum absolute atomic E-state index is 10.7. The largest absolute Gasteiger partial charge is 0.384 e. The molecule has 0 aromatic carbocycles. The second kappa shape index (κ2) is 3.17. The van der Waals surface area contributed by atoms with Gasteiger partial charge < -0.3 is 4.52 Å². The van der Waals surface area contributed by atoms with Crippen LogP contribution in [0.1, 0.15) is 33.0 Å². The zero-order valence-corrected chi connectivity index (χ0v) is 7.81. The van der Waals surface area contributed by atoms with Crippen molar-refractivity contribution in [1.29, 1.82) is 0 Å². The van der Waals surface area contributed by atoms with Crippen molar-refractivity contribution in [1.82, 2.24) is 5.16 Å². The van der Waals surface area contributed by atoms with E-state index < -0.39 is 0 Å². The number of aromatic nitrogens is 1. The standard InChI is InChI=1S/C9H15NO2/c1-9(2,3)5-4-7-6-8(11)10-12-7/h6H,4-5H2,1-3H3,(H,10,11). The Morgan fingerprint density at radius 3 is 2.58 bits per heavy atom. The summed E-state index contributed by atoms with van der Waals surface area (Å²) in [4.78, 5) is 10.7. The Bertz CT molecular complexity index is 290. The molecule has 12 heavy (non-hydrogen) atoms. The zero-order chi connectivity index (χ0) is 9.19. The number of nitrogens with one attached hydrogen (secondary N) is 1. The van der Waals surface area contributed by atoms with E-state index in [1.165, 1.54) is 6.07 Å². The molecule has 1 aromatic rings. The van der Waals surface area contributed by atoms with Crippen molar-refractivity contribution in [3.63, 3.8) is 0 Å². The summed E-state index contributed by atoms with van der Waals surface area (Å²) in [6, 6.07) is 1.51. The third-order valence-electron chi connectivity index (χ3n) is 1.70. The Kier molecular flexibility index (Phi) is 2.40. The van der Waals surface area contributed by atoms with Crippen LogP contribution in [-0.4, -0.2) is 5.16 Å². The highest BCUT2D eigenvalue weighted by atomic mass is 16.5. The molecule has 0 saturated carbocycles. The van der Waals surface area contributed by atoms with Crippen molar-refractivity contribution in [3.8, 4) is 0 Å². The first kappa shape index (κ1) is 9.10. The third kappa shape index (κ3) is 2.95. The van der Waals surface area contributed by atoms with Crippen LogP contribution in [0.3, 0.4) is 0 Å². The van der Waals surface area contributed by atoms with Crippen molar-refractivity contribution in [2.75, 3.05) is 0 Å². The van der Waals surface area contributed by atoms with Gasteiger partial charge in [-0.2, -0.15) is 5.16 Å². The summed E-state index contributed by atoms with van der Waals surface area (Å²) in [5.41, 5.74) is 0.134. The molecule has 1 N–H and O–H groups in total. The quantitative estimate of drug-likeness (QED) is 0.735. The molecule has 0 aliphatic carbocycles. The number of hydrogen-bond acceptors (Lipinski definition) is 2. The molecule has 0 aliphatic heterocycles. The molecule has 0 radical (unpaired) electrons. The Morgan fingerprint density at radius 2 is 2.17 bits per heavy atom. The fourth-order valence-electron chi connectivity index (χ4n) is 0.942. The summed E-state index contributed by atoms with van der Waals surface area (Å²) in [5.74, 6) is 0.745. The van der Waals surface area contributed by atoms with Gasteiger partial charge in [0.1, 0.15) is 5.76 Å². The molecule has 0 saturated heterocycles. The van der Waals surface area contributed by atoms with E-state index in [0.717, 1.165) is 18.6 Å². The number of H-pyrrole nitrogens is 1. The van der Waals surface area contributed by atoms with Crippen LogP contribution in [0.4, 0.5) is 0 Å². The monoisotopic (exact) mass is 169 g/mol. The number of aryl methyl sites for hydroxylation is 1. The molecule has 1 aromatic heterocycles. The van der Waals surface area contributed by atoms with Gasteiger partial charge in [0.25, 0.3) is 5.56 Å². The van der Waals surface area contributed by atoms with E-state index in [0.29, 0.717) is 0 Å². The van der Waals surface area contributed by atoms with E-state index in [1.807, 2.05) is 0 Å². The topological polar surface area (TPSA) is 46.0 Å². The molecule has 0 amide bonds. The minimum atomic E-state index is -0.154. The molecule has 0 unspecified atom stereocenters. The molecule has 0 fully saturated rings. The van der Waals surface area contributed by atoms with E-state index in [1.54, 1.807) is 0 Å². The van der Waals surface area contributed by atoms with E-state index >= 15 is 0 Å². The first-order valence-electron chi connectivity index (χ1n) is 4.15. The van der Waals surface area contributed by atoms with Gasteiger partial charge in [0, 0.05) is 12.5 Å². The molecule has 68 valence electrons. The second-order valence-corrected chi connectivity index (χ2v) is 4.24. The summed E-state index contributed by atoms with van der Waals surface area (Å²) in [6.07, 6.45) is 1.84. The zero-order valence-electron chi connectivity index (χ0n) is 7.81. The lowest BCUT2D eigenvalue weighted by molar-refractivity contribution is 0.330. The summed E-state index contributed by atoms with van der Waals surface area (Å²) in [7, 11) is 0. The second-order valence-electron chi connectivity index (χ2n) is 4.24.